The molecule has 7 heteroatoms. The van der Waals surface area contributed by atoms with Crippen molar-refractivity contribution in [2.75, 3.05) is 18.5 Å². The molecule has 29 heavy (non-hydrogen) atoms. The second kappa shape index (κ2) is 10.5. The highest BCUT2D eigenvalue weighted by molar-refractivity contribution is 7.17. The number of nitrogens with one attached hydrogen (secondary N) is 2. The zero-order valence-corrected chi connectivity index (χ0v) is 18.4. The van der Waals surface area contributed by atoms with Gasteiger partial charge in [-0.25, -0.2) is 4.98 Å². The van der Waals surface area contributed by atoms with Crippen molar-refractivity contribution in [2.24, 2.45) is 0 Å². The van der Waals surface area contributed by atoms with E-state index in [1.807, 2.05) is 39.0 Å². The van der Waals surface area contributed by atoms with E-state index in [2.05, 4.69) is 15.6 Å². The summed E-state index contributed by atoms with van der Waals surface area (Å²) in [5.41, 5.74) is 1.74. The number of nitrogens with zero attached hydrogens (tertiary/aromatic N) is 1. The van der Waals surface area contributed by atoms with Crippen LogP contribution in [0.5, 0.6) is 11.5 Å². The summed E-state index contributed by atoms with van der Waals surface area (Å²) in [4.78, 5) is 17.9. The van der Waals surface area contributed by atoms with Gasteiger partial charge in [-0.3, -0.25) is 4.79 Å². The molecule has 158 valence electrons. The summed E-state index contributed by atoms with van der Waals surface area (Å²) in [6.45, 7) is 7.34. The van der Waals surface area contributed by atoms with Crippen LogP contribution in [0.3, 0.4) is 0 Å². The largest absolute Gasteiger partial charge is 0.490 e. The van der Waals surface area contributed by atoms with Gasteiger partial charge in [-0.05, 0) is 51.3 Å². The number of amides is 1. The number of hydrogen-bond donors (Lipinski definition) is 2. The minimum atomic E-state index is -0.0939. The van der Waals surface area contributed by atoms with Crippen molar-refractivity contribution in [3.05, 3.63) is 34.3 Å². The SMILES string of the molecule is CCOc1ccc(CNC(=O)c2sc(NC3CCCCC3)nc2C)cc1OCC. The van der Waals surface area contributed by atoms with E-state index in [0.717, 1.165) is 22.1 Å². The Morgan fingerprint density at radius 1 is 1.14 bits per heavy atom. The number of aromatic nitrogens is 1. The normalized spacial score (nSPS) is 14.4. The predicted molar refractivity (Wildman–Crippen MR) is 117 cm³/mol. The third-order valence-electron chi connectivity index (χ3n) is 5.00. The lowest BCUT2D eigenvalue weighted by atomic mass is 9.96. The van der Waals surface area contributed by atoms with E-state index >= 15 is 0 Å². The van der Waals surface area contributed by atoms with Gasteiger partial charge in [-0.2, -0.15) is 0 Å². The molecule has 1 saturated carbocycles. The Kier molecular flexibility index (Phi) is 7.75. The van der Waals surface area contributed by atoms with E-state index in [0.29, 0.717) is 36.4 Å². The van der Waals surface area contributed by atoms with Crippen molar-refractivity contribution in [3.63, 3.8) is 0 Å². The maximum Gasteiger partial charge on any atom is 0.263 e. The van der Waals surface area contributed by atoms with Crippen LogP contribution in [-0.2, 0) is 6.54 Å². The van der Waals surface area contributed by atoms with Gasteiger partial charge in [-0.15, -0.1) is 0 Å². The first-order valence-electron chi connectivity index (χ1n) is 10.5. The molecule has 0 aliphatic heterocycles. The highest BCUT2D eigenvalue weighted by Gasteiger charge is 2.19. The number of anilines is 1. The molecule has 1 fully saturated rings. The molecule has 0 radical (unpaired) electrons. The number of aryl methyl sites for hydroxylation is 1. The Bertz CT molecular complexity index is 816. The average Bonchev–Trinajstić information content (AvgIpc) is 3.09. The van der Waals surface area contributed by atoms with Gasteiger partial charge in [0.15, 0.2) is 16.6 Å². The molecule has 2 aromatic rings. The molecule has 1 heterocycles. The molecule has 0 bridgehead atoms. The van der Waals surface area contributed by atoms with Gasteiger partial charge in [0.2, 0.25) is 0 Å². The summed E-state index contributed by atoms with van der Waals surface area (Å²) in [5, 5.41) is 7.36. The lowest BCUT2D eigenvalue weighted by Gasteiger charge is -2.22. The highest BCUT2D eigenvalue weighted by atomic mass is 32.1. The zero-order valence-electron chi connectivity index (χ0n) is 17.5. The Morgan fingerprint density at radius 3 is 2.59 bits per heavy atom. The zero-order chi connectivity index (χ0) is 20.6. The molecular formula is C22H31N3O3S. The van der Waals surface area contributed by atoms with Crippen LogP contribution in [0.4, 0.5) is 5.13 Å². The summed E-state index contributed by atoms with van der Waals surface area (Å²) < 4.78 is 11.3. The fourth-order valence-corrected chi connectivity index (χ4v) is 4.52. The van der Waals surface area contributed by atoms with Crippen LogP contribution < -0.4 is 20.1 Å². The second-order valence-corrected chi connectivity index (χ2v) is 8.24. The van der Waals surface area contributed by atoms with E-state index in [1.54, 1.807) is 0 Å². The van der Waals surface area contributed by atoms with Crippen LogP contribution in [-0.4, -0.2) is 30.1 Å². The maximum absolute atomic E-state index is 12.7. The first-order chi connectivity index (χ1) is 14.1. The van der Waals surface area contributed by atoms with Gasteiger partial charge in [0, 0.05) is 12.6 Å². The fraction of sp³-hybridized carbons (Fsp3) is 0.545. The Morgan fingerprint density at radius 2 is 1.86 bits per heavy atom. The Labute approximate surface area is 177 Å². The number of carbonyl (C=O) groups excluding carboxylic acids is 1. The van der Waals surface area contributed by atoms with Gasteiger partial charge in [0.1, 0.15) is 4.88 Å². The fourth-order valence-electron chi connectivity index (χ4n) is 3.56. The average molecular weight is 418 g/mol. The number of thiazole rings is 1. The van der Waals surface area contributed by atoms with Gasteiger partial charge in [0.05, 0.1) is 18.9 Å². The minimum absolute atomic E-state index is 0.0939. The molecule has 1 amide bonds. The van der Waals surface area contributed by atoms with Crippen molar-refractivity contribution in [2.45, 2.75) is 65.5 Å². The Hall–Kier alpha value is -2.28. The monoisotopic (exact) mass is 417 g/mol. The molecule has 2 N–H and O–H groups in total. The quantitative estimate of drug-likeness (QED) is 0.606. The third kappa shape index (κ3) is 5.85. The second-order valence-electron chi connectivity index (χ2n) is 7.24. The smallest absolute Gasteiger partial charge is 0.263 e. The van der Waals surface area contributed by atoms with Crippen LogP contribution in [0.1, 0.15) is 66.9 Å². The minimum Gasteiger partial charge on any atom is -0.490 e. The van der Waals surface area contributed by atoms with Crippen molar-refractivity contribution in [1.82, 2.24) is 10.3 Å². The van der Waals surface area contributed by atoms with Gasteiger partial charge in [-0.1, -0.05) is 36.7 Å². The maximum atomic E-state index is 12.7. The van der Waals surface area contributed by atoms with Gasteiger partial charge >= 0.3 is 0 Å². The van der Waals surface area contributed by atoms with E-state index in [4.69, 9.17) is 9.47 Å². The molecule has 6 nitrogen and oxygen atoms in total. The van der Waals surface area contributed by atoms with Crippen LogP contribution >= 0.6 is 11.3 Å². The number of carbonyl (C=O) groups is 1. The lowest BCUT2D eigenvalue weighted by Crippen LogP contribution is -2.22. The molecule has 0 atom stereocenters. The van der Waals surface area contributed by atoms with Crippen LogP contribution in [0.25, 0.3) is 0 Å². The lowest BCUT2D eigenvalue weighted by molar-refractivity contribution is 0.0954. The standard InChI is InChI=1S/C22H31N3O3S/c1-4-27-18-12-11-16(13-19(18)28-5-2)14-23-21(26)20-15(3)24-22(29-20)25-17-9-7-6-8-10-17/h11-13,17H,4-10,14H2,1-3H3,(H,23,26)(H,24,25). The summed E-state index contributed by atoms with van der Waals surface area (Å²) in [7, 11) is 0. The first kappa shape index (κ1) is 21.4. The van der Waals surface area contributed by atoms with Crippen LogP contribution in [0, 0.1) is 6.92 Å². The van der Waals surface area contributed by atoms with E-state index in [9.17, 15) is 4.79 Å². The topological polar surface area (TPSA) is 72.5 Å². The van der Waals surface area contributed by atoms with Crippen molar-refractivity contribution in [3.8, 4) is 11.5 Å². The number of hydrogen-bond acceptors (Lipinski definition) is 6. The first-order valence-corrected chi connectivity index (χ1v) is 11.3. The summed E-state index contributed by atoms with van der Waals surface area (Å²) >= 11 is 1.44. The molecule has 0 unspecified atom stereocenters. The molecule has 1 aromatic heterocycles. The van der Waals surface area contributed by atoms with E-state index in [1.165, 1.54) is 43.4 Å². The summed E-state index contributed by atoms with van der Waals surface area (Å²) in [5.74, 6) is 1.33. The van der Waals surface area contributed by atoms with E-state index in [-0.39, 0.29) is 5.91 Å². The van der Waals surface area contributed by atoms with Crippen LogP contribution in [0.2, 0.25) is 0 Å². The van der Waals surface area contributed by atoms with Crippen LogP contribution in [0.15, 0.2) is 18.2 Å². The van der Waals surface area contributed by atoms with Gasteiger partial charge < -0.3 is 20.1 Å². The molecule has 3 rings (SSSR count). The number of benzene rings is 1. The van der Waals surface area contributed by atoms with Crippen molar-refractivity contribution >= 4 is 22.4 Å². The third-order valence-corrected chi connectivity index (χ3v) is 6.08. The highest BCUT2D eigenvalue weighted by Crippen LogP contribution is 2.29. The van der Waals surface area contributed by atoms with Crippen molar-refractivity contribution < 1.29 is 14.3 Å². The summed E-state index contributed by atoms with van der Waals surface area (Å²) in [6.07, 6.45) is 6.21. The number of rotatable bonds is 9. The van der Waals surface area contributed by atoms with E-state index < -0.39 is 0 Å². The summed E-state index contributed by atoms with van der Waals surface area (Å²) in [6, 6.07) is 6.24. The van der Waals surface area contributed by atoms with Crippen molar-refractivity contribution in [1.29, 1.82) is 0 Å². The predicted octanol–water partition coefficient (Wildman–Crippen LogP) is 4.92. The molecule has 1 aliphatic carbocycles. The van der Waals surface area contributed by atoms with Gasteiger partial charge in [0.25, 0.3) is 5.91 Å². The Balaban J connectivity index is 1.61. The molecule has 0 spiro atoms. The molecule has 1 aliphatic rings. The molecule has 0 saturated heterocycles. The molecule has 1 aromatic carbocycles. The molecular weight excluding hydrogens is 386 g/mol. The number of ether oxygens (including phenoxy) is 2.